The molecule has 0 spiro atoms. The van der Waals surface area contributed by atoms with Gasteiger partial charge < -0.3 is 25.5 Å². The highest BCUT2D eigenvalue weighted by molar-refractivity contribution is 6.24. The van der Waals surface area contributed by atoms with Crippen LogP contribution in [-0.4, -0.2) is 60.4 Å². The lowest BCUT2D eigenvalue weighted by molar-refractivity contribution is -0.216. The Morgan fingerprint density at radius 3 is 2.23 bits per heavy atom. The Bertz CT molecular complexity index is 1370. The summed E-state index contributed by atoms with van der Waals surface area (Å²) in [6.45, 7) is 8.97. The number of fused-ring (bicyclic) bond motifs is 3. The zero-order valence-corrected chi connectivity index (χ0v) is 23.0. The third-order valence-electron chi connectivity index (χ3n) is 9.39. The predicted molar refractivity (Wildman–Crippen MR) is 141 cm³/mol. The molecule has 0 aliphatic heterocycles. The van der Waals surface area contributed by atoms with Crippen molar-refractivity contribution >= 4 is 28.9 Å². The van der Waals surface area contributed by atoms with Crippen molar-refractivity contribution in [2.45, 2.75) is 78.4 Å². The molecule has 9 nitrogen and oxygen atoms in total. The molecule has 0 heterocycles. The van der Waals surface area contributed by atoms with Crippen LogP contribution in [-0.2, 0) is 19.2 Å². The first-order valence-corrected chi connectivity index (χ1v) is 13.3. The summed E-state index contributed by atoms with van der Waals surface area (Å²) in [6.07, 6.45) is -1.16. The predicted octanol–water partition coefficient (Wildman–Crippen LogP) is 3.46. The molecule has 39 heavy (non-hydrogen) atoms. The Hall–Kier alpha value is -3.30. The van der Waals surface area contributed by atoms with Gasteiger partial charge in [-0.05, 0) is 30.9 Å². The fraction of sp³-hybridized carbons (Fsp3) is 0.533. The Kier molecular flexibility index (Phi) is 6.72. The average molecular weight is 541 g/mol. The van der Waals surface area contributed by atoms with Crippen LogP contribution in [0.25, 0.3) is 5.76 Å². The van der Waals surface area contributed by atoms with Crippen LogP contribution in [0.5, 0.6) is 5.75 Å². The van der Waals surface area contributed by atoms with E-state index < -0.39 is 80.3 Å². The van der Waals surface area contributed by atoms with E-state index in [1.165, 1.54) is 26.0 Å². The second kappa shape index (κ2) is 9.13. The minimum atomic E-state index is -2.96. The number of aliphatic hydroxyl groups excluding tert-OH is 3. The van der Waals surface area contributed by atoms with Crippen molar-refractivity contribution in [3.63, 3.8) is 0 Å². The maximum Gasteiger partial charge on any atom is 0.203 e. The minimum Gasteiger partial charge on any atom is -0.508 e. The number of phenols is 1. The Labute approximate surface area is 226 Å². The Balaban J connectivity index is 2.16. The standard InChI is InChI=1S/C30H36O9/c1-7-9-15(32)12-17-16-10-8-11-18(33)20(16)24(35)22-26(37)30(39)25(36)19(14(4)31)23(34)21(13(2)3)29(30,6)27(38)28(17,22)5/h8,10-11,13,17,21,27,33,35-36,38-39H,7,9,12H2,1-6H3/t17-,21?,27-,28+,29+,30+/m1/s1. The number of allylic oxidation sites excluding steroid dienone is 1. The molecule has 0 amide bonds. The summed E-state index contributed by atoms with van der Waals surface area (Å²) >= 11 is 0. The fourth-order valence-corrected chi connectivity index (χ4v) is 7.66. The molecule has 1 unspecified atom stereocenters. The van der Waals surface area contributed by atoms with Crippen LogP contribution in [0.2, 0.25) is 0 Å². The van der Waals surface area contributed by atoms with E-state index in [1.54, 1.807) is 19.9 Å². The molecule has 6 atom stereocenters. The van der Waals surface area contributed by atoms with Gasteiger partial charge in [-0.1, -0.05) is 46.8 Å². The number of aromatic hydroxyl groups is 1. The van der Waals surface area contributed by atoms with Gasteiger partial charge >= 0.3 is 0 Å². The molecule has 1 aromatic carbocycles. The minimum absolute atomic E-state index is 0.116. The van der Waals surface area contributed by atoms with Crippen molar-refractivity contribution in [2.24, 2.45) is 22.7 Å². The SMILES string of the molecule is CCCC(=O)C[C@@H]1c2cccc(O)c2C(O)=C2C(=O)[C@@]3(O)C(O)=C(C(C)=O)C(=O)C(C(C)C)[C@@]3(C)[C@H](O)[C@]21C. The molecule has 210 valence electrons. The van der Waals surface area contributed by atoms with E-state index in [0.29, 0.717) is 12.0 Å². The number of aliphatic hydroxyl groups is 4. The lowest BCUT2D eigenvalue weighted by atomic mass is 9.40. The van der Waals surface area contributed by atoms with Gasteiger partial charge in [-0.25, -0.2) is 0 Å². The number of Topliss-reactive ketones (excluding diaryl/α,β-unsaturated/α-hetero) is 4. The molecule has 9 heteroatoms. The Morgan fingerprint density at radius 2 is 1.69 bits per heavy atom. The molecule has 0 saturated heterocycles. The molecule has 5 N–H and O–H groups in total. The lowest BCUT2D eigenvalue weighted by Gasteiger charge is -2.63. The normalized spacial score (nSPS) is 34.1. The largest absolute Gasteiger partial charge is 0.508 e. The highest BCUT2D eigenvalue weighted by Gasteiger charge is 2.77. The van der Waals surface area contributed by atoms with Gasteiger partial charge in [0.1, 0.15) is 28.6 Å². The summed E-state index contributed by atoms with van der Waals surface area (Å²) < 4.78 is 0. The van der Waals surface area contributed by atoms with E-state index in [-0.39, 0.29) is 29.9 Å². The van der Waals surface area contributed by atoms with Gasteiger partial charge in [0.05, 0.1) is 17.2 Å². The second-order valence-corrected chi connectivity index (χ2v) is 11.9. The van der Waals surface area contributed by atoms with Crippen LogP contribution >= 0.6 is 0 Å². The van der Waals surface area contributed by atoms with Gasteiger partial charge in [-0.3, -0.25) is 19.2 Å². The zero-order valence-electron chi connectivity index (χ0n) is 23.0. The van der Waals surface area contributed by atoms with Crippen LogP contribution in [0.1, 0.15) is 77.8 Å². The summed E-state index contributed by atoms with van der Waals surface area (Å²) in [7, 11) is 0. The molecule has 3 aliphatic rings. The van der Waals surface area contributed by atoms with Crippen molar-refractivity contribution < 1.29 is 44.7 Å². The molecule has 0 radical (unpaired) electrons. The molecule has 3 aliphatic carbocycles. The Morgan fingerprint density at radius 1 is 1.08 bits per heavy atom. The maximum absolute atomic E-state index is 14.5. The first kappa shape index (κ1) is 28.7. The molecule has 0 aromatic heterocycles. The average Bonchev–Trinajstić information content (AvgIpc) is 2.83. The van der Waals surface area contributed by atoms with E-state index in [4.69, 9.17) is 0 Å². The number of carbonyl (C=O) groups excluding carboxylic acids is 4. The van der Waals surface area contributed by atoms with Gasteiger partial charge in [-0.15, -0.1) is 0 Å². The van der Waals surface area contributed by atoms with E-state index in [0.717, 1.165) is 6.92 Å². The smallest absolute Gasteiger partial charge is 0.203 e. The zero-order chi connectivity index (χ0) is 29.4. The number of benzene rings is 1. The van der Waals surface area contributed by atoms with Crippen molar-refractivity contribution in [2.75, 3.05) is 0 Å². The number of ketones is 4. The van der Waals surface area contributed by atoms with E-state index in [1.807, 2.05) is 6.92 Å². The number of carbonyl (C=O) groups is 4. The van der Waals surface area contributed by atoms with Crippen LogP contribution in [0.3, 0.4) is 0 Å². The molecular formula is C30H36O9. The van der Waals surface area contributed by atoms with Gasteiger partial charge in [0, 0.05) is 35.5 Å². The maximum atomic E-state index is 14.5. The summed E-state index contributed by atoms with van der Waals surface area (Å²) in [4.78, 5) is 53.6. The van der Waals surface area contributed by atoms with Crippen molar-refractivity contribution in [1.82, 2.24) is 0 Å². The van der Waals surface area contributed by atoms with Crippen LogP contribution in [0, 0.1) is 22.7 Å². The molecule has 0 bridgehead atoms. The molecule has 1 fully saturated rings. The highest BCUT2D eigenvalue weighted by Crippen LogP contribution is 2.68. The second-order valence-electron chi connectivity index (χ2n) is 11.9. The van der Waals surface area contributed by atoms with E-state index in [9.17, 15) is 44.7 Å². The first-order valence-electron chi connectivity index (χ1n) is 13.3. The van der Waals surface area contributed by atoms with Gasteiger partial charge in [0.2, 0.25) is 5.78 Å². The summed E-state index contributed by atoms with van der Waals surface area (Å²) in [5.41, 5.74) is -7.74. The van der Waals surface area contributed by atoms with Crippen LogP contribution in [0.15, 0.2) is 35.1 Å². The third-order valence-corrected chi connectivity index (χ3v) is 9.39. The van der Waals surface area contributed by atoms with Gasteiger partial charge in [-0.2, -0.15) is 0 Å². The highest BCUT2D eigenvalue weighted by atomic mass is 16.4. The number of phenolic OH excluding ortho intramolecular Hbond substituents is 1. The molecule has 4 rings (SSSR count). The lowest BCUT2D eigenvalue weighted by Crippen LogP contribution is -2.75. The number of hydrogen-bond donors (Lipinski definition) is 5. The van der Waals surface area contributed by atoms with Crippen molar-refractivity contribution in [1.29, 1.82) is 0 Å². The quantitative estimate of drug-likeness (QED) is 0.339. The monoisotopic (exact) mass is 540 g/mol. The van der Waals surface area contributed by atoms with Crippen LogP contribution < -0.4 is 0 Å². The summed E-state index contributed by atoms with van der Waals surface area (Å²) in [6, 6.07) is 4.41. The van der Waals surface area contributed by atoms with E-state index >= 15 is 0 Å². The van der Waals surface area contributed by atoms with Crippen molar-refractivity contribution in [3.8, 4) is 5.75 Å². The number of hydrogen-bond acceptors (Lipinski definition) is 9. The topological polar surface area (TPSA) is 169 Å². The molecular weight excluding hydrogens is 504 g/mol. The van der Waals surface area contributed by atoms with Gasteiger partial charge in [0.25, 0.3) is 0 Å². The molecule has 1 aromatic rings. The van der Waals surface area contributed by atoms with E-state index in [2.05, 4.69) is 0 Å². The summed E-state index contributed by atoms with van der Waals surface area (Å²) in [5.74, 6) is -8.11. The number of rotatable bonds is 6. The molecule has 1 saturated carbocycles. The third kappa shape index (κ3) is 3.38. The first-order chi connectivity index (χ1) is 18.0. The van der Waals surface area contributed by atoms with Gasteiger partial charge in [0.15, 0.2) is 17.2 Å². The summed E-state index contributed by atoms with van der Waals surface area (Å²) in [5, 5.41) is 57.9. The fourth-order valence-electron chi connectivity index (χ4n) is 7.66. The van der Waals surface area contributed by atoms with Crippen LogP contribution in [0.4, 0.5) is 0 Å². The van der Waals surface area contributed by atoms with Crippen molar-refractivity contribution in [3.05, 3.63) is 46.2 Å².